The van der Waals surface area contributed by atoms with Gasteiger partial charge in [-0.1, -0.05) is 5.16 Å². The summed E-state index contributed by atoms with van der Waals surface area (Å²) < 4.78 is 26.5. The Bertz CT molecular complexity index is 650. The van der Waals surface area contributed by atoms with Crippen LogP contribution in [0.1, 0.15) is 10.5 Å². The monoisotopic (exact) mass is 286 g/mol. The summed E-state index contributed by atoms with van der Waals surface area (Å²) in [6, 6.07) is 6.84. The van der Waals surface area contributed by atoms with Crippen molar-refractivity contribution in [2.45, 2.75) is 4.90 Å². The molecule has 0 fully saturated rings. The van der Waals surface area contributed by atoms with Crippen molar-refractivity contribution in [2.75, 3.05) is 5.32 Å². The summed E-state index contributed by atoms with van der Waals surface area (Å²) in [6.07, 6.45) is 1.28. The highest BCUT2D eigenvalue weighted by atomic mass is 35.7. The maximum absolute atomic E-state index is 11.6. The Kier molecular flexibility index (Phi) is 3.35. The Balaban J connectivity index is 2.14. The molecule has 94 valence electrons. The smallest absolute Gasteiger partial charge is 0.277 e. The first kappa shape index (κ1) is 12.6. The lowest BCUT2D eigenvalue weighted by molar-refractivity contribution is 0.101. The Morgan fingerprint density at radius 2 is 1.89 bits per heavy atom. The van der Waals surface area contributed by atoms with Crippen LogP contribution in [0.4, 0.5) is 5.69 Å². The van der Waals surface area contributed by atoms with Gasteiger partial charge in [0.05, 0.1) is 4.90 Å². The van der Waals surface area contributed by atoms with E-state index in [1.807, 2.05) is 0 Å². The molecular formula is C10H7ClN2O4S. The third-order valence-electron chi connectivity index (χ3n) is 2.06. The van der Waals surface area contributed by atoms with Crippen molar-refractivity contribution in [3.8, 4) is 0 Å². The SMILES string of the molecule is O=C(Nc1ccc(S(=O)(=O)Cl)cc1)c1ccon1. The fourth-order valence-electron chi connectivity index (χ4n) is 1.23. The highest BCUT2D eigenvalue weighted by Gasteiger charge is 2.11. The van der Waals surface area contributed by atoms with Crippen LogP contribution in [0.5, 0.6) is 0 Å². The van der Waals surface area contributed by atoms with Crippen LogP contribution in [0.2, 0.25) is 0 Å². The van der Waals surface area contributed by atoms with E-state index < -0.39 is 15.0 Å². The predicted molar refractivity (Wildman–Crippen MR) is 63.9 cm³/mol. The number of halogens is 1. The number of rotatable bonds is 3. The Labute approximate surface area is 107 Å². The molecule has 1 aromatic carbocycles. The van der Waals surface area contributed by atoms with E-state index in [1.54, 1.807) is 0 Å². The number of carbonyl (C=O) groups excluding carboxylic acids is 1. The topological polar surface area (TPSA) is 89.3 Å². The van der Waals surface area contributed by atoms with Crippen molar-refractivity contribution in [3.63, 3.8) is 0 Å². The standard InChI is InChI=1S/C10H7ClN2O4S/c11-18(15,16)8-3-1-7(2-4-8)12-10(14)9-5-6-17-13-9/h1-6H,(H,12,14). The lowest BCUT2D eigenvalue weighted by atomic mass is 10.3. The fourth-order valence-corrected chi connectivity index (χ4v) is 2.00. The van der Waals surface area contributed by atoms with Gasteiger partial charge >= 0.3 is 0 Å². The maximum atomic E-state index is 11.6. The molecule has 0 bridgehead atoms. The second-order valence-electron chi connectivity index (χ2n) is 3.30. The second kappa shape index (κ2) is 4.79. The third kappa shape index (κ3) is 2.88. The van der Waals surface area contributed by atoms with Crippen LogP contribution in [0.25, 0.3) is 0 Å². The molecule has 0 unspecified atom stereocenters. The summed E-state index contributed by atoms with van der Waals surface area (Å²) in [5.41, 5.74) is 0.552. The summed E-state index contributed by atoms with van der Waals surface area (Å²) >= 11 is 0. The van der Waals surface area contributed by atoms with E-state index in [4.69, 9.17) is 10.7 Å². The number of aromatic nitrogens is 1. The Morgan fingerprint density at radius 3 is 2.39 bits per heavy atom. The van der Waals surface area contributed by atoms with Crippen LogP contribution < -0.4 is 5.32 Å². The average Bonchev–Trinajstić information content (AvgIpc) is 2.82. The minimum absolute atomic E-state index is 0.0383. The molecule has 0 spiro atoms. The van der Waals surface area contributed by atoms with E-state index in [0.29, 0.717) is 5.69 Å². The quantitative estimate of drug-likeness (QED) is 0.870. The molecule has 2 rings (SSSR count). The van der Waals surface area contributed by atoms with E-state index in [0.717, 1.165) is 0 Å². The van der Waals surface area contributed by atoms with Crippen molar-refractivity contribution < 1.29 is 17.7 Å². The first-order valence-corrected chi connectivity index (χ1v) is 7.04. The molecule has 0 aliphatic carbocycles. The van der Waals surface area contributed by atoms with E-state index in [9.17, 15) is 13.2 Å². The zero-order valence-corrected chi connectivity index (χ0v) is 10.4. The third-order valence-corrected chi connectivity index (χ3v) is 3.43. The van der Waals surface area contributed by atoms with Gasteiger partial charge in [-0.3, -0.25) is 4.79 Å². The zero-order valence-electron chi connectivity index (χ0n) is 8.83. The second-order valence-corrected chi connectivity index (χ2v) is 5.87. The number of hydrogen-bond donors (Lipinski definition) is 1. The average molecular weight is 287 g/mol. The van der Waals surface area contributed by atoms with Gasteiger partial charge in [-0.15, -0.1) is 0 Å². The lowest BCUT2D eigenvalue weighted by Gasteiger charge is -2.03. The van der Waals surface area contributed by atoms with Crippen molar-refractivity contribution in [2.24, 2.45) is 0 Å². The van der Waals surface area contributed by atoms with Crippen LogP contribution in [0, 0.1) is 0 Å². The molecule has 1 N–H and O–H groups in total. The molecule has 1 amide bonds. The molecule has 0 saturated carbocycles. The van der Waals surface area contributed by atoms with Gasteiger partial charge in [0.25, 0.3) is 15.0 Å². The largest absolute Gasteiger partial charge is 0.364 e. The number of amides is 1. The van der Waals surface area contributed by atoms with E-state index in [1.165, 1.54) is 36.6 Å². The summed E-state index contributed by atoms with van der Waals surface area (Å²) in [4.78, 5) is 11.5. The molecule has 2 aromatic rings. The summed E-state index contributed by atoms with van der Waals surface area (Å²) in [7, 11) is 1.40. The molecule has 0 aliphatic rings. The first-order chi connectivity index (χ1) is 8.47. The number of benzene rings is 1. The number of nitrogens with one attached hydrogen (secondary N) is 1. The van der Waals surface area contributed by atoms with Gasteiger partial charge in [0.2, 0.25) is 0 Å². The van der Waals surface area contributed by atoms with Crippen LogP contribution in [-0.4, -0.2) is 19.5 Å². The van der Waals surface area contributed by atoms with Gasteiger partial charge in [0.1, 0.15) is 6.26 Å². The van der Waals surface area contributed by atoms with E-state index in [-0.39, 0.29) is 10.6 Å². The molecule has 1 heterocycles. The molecule has 6 nitrogen and oxygen atoms in total. The molecule has 0 saturated heterocycles. The summed E-state index contributed by atoms with van der Waals surface area (Å²) in [6.45, 7) is 0. The molecule has 0 aliphatic heterocycles. The number of anilines is 1. The van der Waals surface area contributed by atoms with Crippen LogP contribution in [0.3, 0.4) is 0 Å². The highest BCUT2D eigenvalue weighted by molar-refractivity contribution is 8.13. The zero-order chi connectivity index (χ0) is 13.2. The van der Waals surface area contributed by atoms with Gasteiger partial charge < -0.3 is 9.84 Å². The van der Waals surface area contributed by atoms with Crippen LogP contribution in [-0.2, 0) is 9.05 Å². The normalized spacial score (nSPS) is 11.2. The van der Waals surface area contributed by atoms with Crippen LogP contribution >= 0.6 is 10.7 Å². The van der Waals surface area contributed by atoms with Gasteiger partial charge in [-0.2, -0.15) is 0 Å². The van der Waals surface area contributed by atoms with Crippen LogP contribution in [0.15, 0.2) is 46.0 Å². The minimum atomic E-state index is -3.76. The first-order valence-electron chi connectivity index (χ1n) is 4.73. The van der Waals surface area contributed by atoms with Crippen molar-refractivity contribution in [3.05, 3.63) is 42.3 Å². The minimum Gasteiger partial charge on any atom is -0.364 e. The van der Waals surface area contributed by atoms with Crippen molar-refractivity contribution >= 4 is 31.3 Å². The number of carbonyl (C=O) groups is 1. The van der Waals surface area contributed by atoms with Gasteiger partial charge in [-0.25, -0.2) is 8.42 Å². The lowest BCUT2D eigenvalue weighted by Crippen LogP contribution is -2.12. The molecule has 1 aromatic heterocycles. The molecule has 18 heavy (non-hydrogen) atoms. The van der Waals surface area contributed by atoms with E-state index >= 15 is 0 Å². The Morgan fingerprint density at radius 1 is 1.22 bits per heavy atom. The summed E-state index contributed by atoms with van der Waals surface area (Å²) in [5.74, 6) is -0.453. The highest BCUT2D eigenvalue weighted by Crippen LogP contribution is 2.17. The molecule has 0 radical (unpaired) electrons. The maximum Gasteiger partial charge on any atom is 0.277 e. The van der Waals surface area contributed by atoms with Gasteiger partial charge in [0.15, 0.2) is 5.69 Å². The van der Waals surface area contributed by atoms with Crippen molar-refractivity contribution in [1.82, 2.24) is 5.16 Å². The fraction of sp³-hybridized carbons (Fsp3) is 0. The van der Waals surface area contributed by atoms with Gasteiger partial charge in [0, 0.05) is 22.4 Å². The van der Waals surface area contributed by atoms with Crippen molar-refractivity contribution in [1.29, 1.82) is 0 Å². The number of nitrogens with zero attached hydrogens (tertiary/aromatic N) is 1. The summed E-state index contributed by atoms with van der Waals surface area (Å²) in [5, 5.41) is 5.99. The molecular weight excluding hydrogens is 280 g/mol. The molecule has 0 atom stereocenters. The van der Waals surface area contributed by atoms with Gasteiger partial charge in [-0.05, 0) is 24.3 Å². The molecule has 8 heteroatoms. The van der Waals surface area contributed by atoms with E-state index in [2.05, 4.69) is 15.0 Å². The predicted octanol–water partition coefficient (Wildman–Crippen LogP) is 1.85. The Hall–Kier alpha value is -1.86. The number of hydrogen-bond acceptors (Lipinski definition) is 5.